The van der Waals surface area contributed by atoms with Crippen LogP contribution in [0.25, 0.3) is 0 Å². The zero-order valence-electron chi connectivity index (χ0n) is 12.9. The van der Waals surface area contributed by atoms with E-state index < -0.39 is 0 Å². The molecule has 0 aliphatic carbocycles. The monoisotopic (exact) mass is 265 g/mol. The standard InChI is InChI=1S/C16H31N3/c1-4-5-6-7-8-9-10-19-13-18-12-16(19)15(17)11-14(2)3/h12-15H,4-11,17H2,1-3H3. The molecule has 0 amide bonds. The fourth-order valence-corrected chi connectivity index (χ4v) is 2.52. The van der Waals surface area contributed by atoms with Gasteiger partial charge in [-0.05, 0) is 18.8 Å². The molecule has 0 aliphatic heterocycles. The lowest BCUT2D eigenvalue weighted by Crippen LogP contribution is -2.17. The van der Waals surface area contributed by atoms with Crippen molar-refractivity contribution in [2.24, 2.45) is 11.7 Å². The maximum Gasteiger partial charge on any atom is 0.0948 e. The van der Waals surface area contributed by atoms with Gasteiger partial charge in [0.2, 0.25) is 0 Å². The molecule has 3 heteroatoms. The number of hydrogen-bond acceptors (Lipinski definition) is 2. The molecular weight excluding hydrogens is 234 g/mol. The summed E-state index contributed by atoms with van der Waals surface area (Å²) in [7, 11) is 0. The minimum atomic E-state index is 0.127. The van der Waals surface area contributed by atoms with Crippen molar-refractivity contribution in [1.82, 2.24) is 9.55 Å². The average molecular weight is 265 g/mol. The van der Waals surface area contributed by atoms with Crippen molar-refractivity contribution in [2.75, 3.05) is 0 Å². The second-order valence-corrected chi connectivity index (χ2v) is 6.02. The SMILES string of the molecule is CCCCCCCCn1cncc1C(N)CC(C)C. The summed E-state index contributed by atoms with van der Waals surface area (Å²) in [6.07, 6.45) is 12.9. The molecule has 2 N–H and O–H groups in total. The van der Waals surface area contributed by atoms with Crippen LogP contribution in [-0.4, -0.2) is 9.55 Å². The maximum atomic E-state index is 6.25. The van der Waals surface area contributed by atoms with Crippen LogP contribution in [0.2, 0.25) is 0 Å². The molecule has 0 aromatic carbocycles. The highest BCUT2D eigenvalue weighted by molar-refractivity contribution is 5.04. The van der Waals surface area contributed by atoms with Gasteiger partial charge in [0.05, 0.1) is 12.0 Å². The van der Waals surface area contributed by atoms with E-state index in [-0.39, 0.29) is 6.04 Å². The zero-order valence-corrected chi connectivity index (χ0v) is 12.9. The number of nitrogens with two attached hydrogens (primary N) is 1. The molecule has 1 rings (SSSR count). The van der Waals surface area contributed by atoms with Crippen LogP contribution in [0.4, 0.5) is 0 Å². The van der Waals surface area contributed by atoms with E-state index in [1.54, 1.807) is 0 Å². The third kappa shape index (κ3) is 6.24. The molecule has 0 saturated carbocycles. The minimum absolute atomic E-state index is 0.127. The molecule has 1 atom stereocenters. The summed E-state index contributed by atoms with van der Waals surface area (Å²) in [6.45, 7) is 7.75. The van der Waals surface area contributed by atoms with Crippen molar-refractivity contribution in [1.29, 1.82) is 0 Å². The van der Waals surface area contributed by atoms with E-state index in [4.69, 9.17) is 5.73 Å². The van der Waals surface area contributed by atoms with E-state index in [2.05, 4.69) is 30.3 Å². The lowest BCUT2D eigenvalue weighted by molar-refractivity contribution is 0.474. The molecule has 3 nitrogen and oxygen atoms in total. The molecule has 1 heterocycles. The highest BCUT2D eigenvalue weighted by Gasteiger charge is 2.12. The van der Waals surface area contributed by atoms with Crippen molar-refractivity contribution in [2.45, 2.75) is 78.3 Å². The molecule has 0 spiro atoms. The van der Waals surface area contributed by atoms with Crippen molar-refractivity contribution in [3.05, 3.63) is 18.2 Å². The molecular formula is C16H31N3. The van der Waals surface area contributed by atoms with E-state index in [9.17, 15) is 0 Å². The molecule has 0 fully saturated rings. The van der Waals surface area contributed by atoms with Crippen LogP contribution in [0.3, 0.4) is 0 Å². The maximum absolute atomic E-state index is 6.25. The Balaban J connectivity index is 2.32. The van der Waals surface area contributed by atoms with Crippen molar-refractivity contribution >= 4 is 0 Å². The van der Waals surface area contributed by atoms with E-state index in [0.717, 1.165) is 13.0 Å². The Hall–Kier alpha value is -0.830. The predicted octanol–water partition coefficient (Wildman–Crippen LogP) is 4.29. The van der Waals surface area contributed by atoms with Crippen molar-refractivity contribution < 1.29 is 0 Å². The fourth-order valence-electron chi connectivity index (χ4n) is 2.52. The molecule has 1 aromatic heterocycles. The van der Waals surface area contributed by atoms with Gasteiger partial charge in [0, 0.05) is 18.8 Å². The fraction of sp³-hybridized carbons (Fsp3) is 0.812. The van der Waals surface area contributed by atoms with Crippen LogP contribution < -0.4 is 5.73 Å². The number of aryl methyl sites for hydroxylation is 1. The topological polar surface area (TPSA) is 43.8 Å². The van der Waals surface area contributed by atoms with Gasteiger partial charge in [-0.15, -0.1) is 0 Å². The normalized spacial score (nSPS) is 13.1. The molecule has 0 radical (unpaired) electrons. The second kappa shape index (κ2) is 9.13. The Bertz CT molecular complexity index is 330. The first-order chi connectivity index (χ1) is 9.15. The lowest BCUT2D eigenvalue weighted by atomic mass is 10.0. The van der Waals surface area contributed by atoms with E-state index >= 15 is 0 Å². The summed E-state index contributed by atoms with van der Waals surface area (Å²) >= 11 is 0. The number of unbranched alkanes of at least 4 members (excludes halogenated alkanes) is 5. The van der Waals surface area contributed by atoms with Gasteiger partial charge in [0.1, 0.15) is 0 Å². The van der Waals surface area contributed by atoms with Gasteiger partial charge in [-0.3, -0.25) is 0 Å². The summed E-state index contributed by atoms with van der Waals surface area (Å²) in [5, 5.41) is 0. The van der Waals surface area contributed by atoms with Gasteiger partial charge in [-0.25, -0.2) is 4.98 Å². The first-order valence-electron chi connectivity index (χ1n) is 7.90. The molecule has 1 aromatic rings. The van der Waals surface area contributed by atoms with Gasteiger partial charge in [-0.1, -0.05) is 52.9 Å². The third-order valence-electron chi connectivity index (χ3n) is 3.60. The summed E-state index contributed by atoms with van der Waals surface area (Å²) < 4.78 is 2.24. The summed E-state index contributed by atoms with van der Waals surface area (Å²) in [6, 6.07) is 0.127. The largest absolute Gasteiger partial charge is 0.333 e. The summed E-state index contributed by atoms with van der Waals surface area (Å²) in [5.74, 6) is 0.632. The van der Waals surface area contributed by atoms with E-state index in [0.29, 0.717) is 5.92 Å². The summed E-state index contributed by atoms with van der Waals surface area (Å²) in [5.41, 5.74) is 7.45. The Labute approximate surface area is 118 Å². The number of hydrogen-bond donors (Lipinski definition) is 1. The highest BCUT2D eigenvalue weighted by Crippen LogP contribution is 2.19. The van der Waals surface area contributed by atoms with E-state index in [1.165, 1.54) is 44.2 Å². The Kier molecular flexibility index (Phi) is 7.80. The van der Waals surface area contributed by atoms with Gasteiger partial charge >= 0.3 is 0 Å². The highest BCUT2D eigenvalue weighted by atomic mass is 15.1. The van der Waals surface area contributed by atoms with Crippen LogP contribution in [0.5, 0.6) is 0 Å². The average Bonchev–Trinajstić information content (AvgIpc) is 2.81. The quantitative estimate of drug-likeness (QED) is 0.641. The van der Waals surface area contributed by atoms with Crippen LogP contribution in [-0.2, 0) is 6.54 Å². The van der Waals surface area contributed by atoms with Gasteiger partial charge in [-0.2, -0.15) is 0 Å². The molecule has 0 aliphatic rings. The van der Waals surface area contributed by atoms with Gasteiger partial charge in [0.15, 0.2) is 0 Å². The number of aromatic nitrogens is 2. The lowest BCUT2D eigenvalue weighted by Gasteiger charge is -2.16. The number of nitrogens with zero attached hydrogens (tertiary/aromatic N) is 2. The molecule has 1 unspecified atom stereocenters. The Morgan fingerprint density at radius 3 is 2.53 bits per heavy atom. The minimum Gasteiger partial charge on any atom is -0.333 e. The first kappa shape index (κ1) is 16.2. The van der Waals surface area contributed by atoms with Crippen molar-refractivity contribution in [3.8, 4) is 0 Å². The first-order valence-corrected chi connectivity index (χ1v) is 7.90. The second-order valence-electron chi connectivity index (χ2n) is 6.02. The van der Waals surface area contributed by atoms with Crippen molar-refractivity contribution in [3.63, 3.8) is 0 Å². The summed E-state index contributed by atoms with van der Waals surface area (Å²) in [4.78, 5) is 4.26. The molecule has 0 saturated heterocycles. The van der Waals surface area contributed by atoms with Gasteiger partial charge in [0.25, 0.3) is 0 Å². The zero-order chi connectivity index (χ0) is 14.1. The predicted molar refractivity (Wildman–Crippen MR) is 82.0 cm³/mol. The Morgan fingerprint density at radius 1 is 1.16 bits per heavy atom. The number of imidazole rings is 1. The van der Waals surface area contributed by atoms with Crippen LogP contribution in [0, 0.1) is 5.92 Å². The smallest absolute Gasteiger partial charge is 0.0948 e. The van der Waals surface area contributed by atoms with Gasteiger partial charge < -0.3 is 10.3 Å². The Morgan fingerprint density at radius 2 is 1.84 bits per heavy atom. The van der Waals surface area contributed by atoms with E-state index in [1.807, 2.05) is 12.5 Å². The number of rotatable bonds is 10. The molecule has 19 heavy (non-hydrogen) atoms. The van der Waals surface area contributed by atoms with Crippen LogP contribution in [0.15, 0.2) is 12.5 Å². The molecule has 0 bridgehead atoms. The van der Waals surface area contributed by atoms with Crippen LogP contribution in [0.1, 0.15) is 77.5 Å². The molecule has 110 valence electrons. The third-order valence-corrected chi connectivity index (χ3v) is 3.60. The van der Waals surface area contributed by atoms with Crippen LogP contribution >= 0.6 is 0 Å².